The van der Waals surface area contributed by atoms with E-state index < -0.39 is 6.10 Å². The lowest BCUT2D eigenvalue weighted by molar-refractivity contribution is 0.0286. The molecule has 0 aromatic heterocycles. The van der Waals surface area contributed by atoms with Crippen LogP contribution in [0.1, 0.15) is 70.9 Å². The zero-order valence-electron chi connectivity index (χ0n) is 22.3. The third-order valence-corrected chi connectivity index (χ3v) is 8.58. The molecule has 2 fully saturated rings. The van der Waals surface area contributed by atoms with Gasteiger partial charge in [0.15, 0.2) is 0 Å². The highest BCUT2D eigenvalue weighted by Gasteiger charge is 2.43. The van der Waals surface area contributed by atoms with Gasteiger partial charge < -0.3 is 30.6 Å². The summed E-state index contributed by atoms with van der Waals surface area (Å²) < 4.78 is 0. The van der Waals surface area contributed by atoms with Gasteiger partial charge in [0.1, 0.15) is 0 Å². The Hall–Kier alpha value is -2.94. The summed E-state index contributed by atoms with van der Waals surface area (Å²) in [5, 5.41) is 21.0. The average molecular weight is 521 g/mol. The van der Waals surface area contributed by atoms with Crippen molar-refractivity contribution in [2.24, 2.45) is 5.73 Å². The van der Waals surface area contributed by atoms with Crippen LogP contribution in [0.5, 0.6) is 0 Å². The number of hydrogen-bond acceptors (Lipinski definition) is 6. The fraction of sp³-hybridized carbons (Fsp3) is 0.533. The number of rotatable bonds is 8. The van der Waals surface area contributed by atoms with Gasteiger partial charge in [-0.05, 0) is 74.8 Å². The smallest absolute Gasteiger partial charge is 0.256 e. The van der Waals surface area contributed by atoms with Gasteiger partial charge in [0.25, 0.3) is 11.8 Å². The molecule has 4 N–H and O–H groups in total. The summed E-state index contributed by atoms with van der Waals surface area (Å²) in [5.74, 6) is -0.123. The minimum Gasteiger partial charge on any atom is -0.393 e. The summed E-state index contributed by atoms with van der Waals surface area (Å²) in [5.41, 5.74) is 10.0. The van der Waals surface area contributed by atoms with Crippen LogP contribution in [0.2, 0.25) is 0 Å². The van der Waals surface area contributed by atoms with Gasteiger partial charge in [0.05, 0.1) is 23.5 Å². The summed E-state index contributed by atoms with van der Waals surface area (Å²) in [7, 11) is 0. The molecule has 8 nitrogen and oxygen atoms in total. The second-order valence-corrected chi connectivity index (χ2v) is 11.0. The maximum atomic E-state index is 13.6. The predicted molar refractivity (Wildman–Crippen MR) is 147 cm³/mol. The lowest BCUT2D eigenvalue weighted by atomic mass is 9.98. The van der Waals surface area contributed by atoms with Gasteiger partial charge in [-0.3, -0.25) is 9.59 Å². The minimum absolute atomic E-state index is 0.00927. The standard InChI is InChI=1S/C30H40N4O4/c1-2-32-13-14-33(19-25(35)11-7-20-5-3-4-6-22(20)18-31)30(38)27-12-8-21(15-28(27)32)29(37)34-23-9-10-24(34)17-26(36)16-23/h3-6,8,12,15,23-26,35-36H,2,7,9-11,13-14,16-19,31H2,1H3. The first-order chi connectivity index (χ1) is 18.4. The maximum Gasteiger partial charge on any atom is 0.256 e. The van der Waals surface area contributed by atoms with E-state index in [9.17, 15) is 19.8 Å². The molecular weight excluding hydrogens is 480 g/mol. The Labute approximate surface area is 225 Å². The summed E-state index contributed by atoms with van der Waals surface area (Å²) in [6.07, 6.45) is 3.44. The molecule has 5 rings (SSSR count). The van der Waals surface area contributed by atoms with Gasteiger partial charge in [-0.15, -0.1) is 0 Å². The number of aliphatic hydroxyl groups excluding tert-OH is 2. The van der Waals surface area contributed by atoms with Gasteiger partial charge >= 0.3 is 0 Å². The molecule has 0 spiro atoms. The van der Waals surface area contributed by atoms with Crippen molar-refractivity contribution in [1.29, 1.82) is 0 Å². The molecule has 2 aromatic carbocycles. The minimum atomic E-state index is -0.646. The van der Waals surface area contributed by atoms with Crippen molar-refractivity contribution < 1.29 is 19.8 Å². The monoisotopic (exact) mass is 520 g/mol. The van der Waals surface area contributed by atoms with Crippen LogP contribution in [-0.2, 0) is 13.0 Å². The number of piperidine rings is 1. The number of amides is 2. The number of nitrogens with two attached hydrogens (primary N) is 1. The first-order valence-electron chi connectivity index (χ1n) is 14.0. The number of β-amino-alcohol motifs (C(OH)–C–C–N with tert-alkyl or cyclic N) is 1. The van der Waals surface area contributed by atoms with Crippen LogP contribution < -0.4 is 10.6 Å². The number of nitrogens with zero attached hydrogens (tertiary/aromatic N) is 3. The molecule has 8 heteroatoms. The lowest BCUT2D eigenvalue weighted by Gasteiger charge is -2.37. The molecule has 3 aliphatic heterocycles. The molecule has 3 atom stereocenters. The van der Waals surface area contributed by atoms with E-state index in [1.807, 2.05) is 42.2 Å². The van der Waals surface area contributed by atoms with E-state index in [1.165, 1.54) is 0 Å². The Morgan fingerprint density at radius 2 is 1.74 bits per heavy atom. The van der Waals surface area contributed by atoms with Crippen LogP contribution in [0.3, 0.4) is 0 Å². The largest absolute Gasteiger partial charge is 0.393 e. The molecule has 0 aliphatic carbocycles. The molecule has 38 heavy (non-hydrogen) atoms. The number of aryl methyl sites for hydroxylation is 1. The second-order valence-electron chi connectivity index (χ2n) is 11.0. The van der Waals surface area contributed by atoms with E-state index in [1.54, 1.807) is 17.0 Å². The molecule has 3 heterocycles. The molecule has 0 saturated carbocycles. The van der Waals surface area contributed by atoms with E-state index in [0.29, 0.717) is 63.0 Å². The Bertz CT molecular complexity index is 1160. The highest BCUT2D eigenvalue weighted by atomic mass is 16.3. The van der Waals surface area contributed by atoms with Crippen LogP contribution in [-0.4, -0.2) is 82.3 Å². The van der Waals surface area contributed by atoms with Crippen molar-refractivity contribution in [2.75, 3.05) is 31.1 Å². The highest BCUT2D eigenvalue weighted by molar-refractivity contribution is 6.03. The van der Waals surface area contributed by atoms with E-state index >= 15 is 0 Å². The maximum absolute atomic E-state index is 13.6. The zero-order chi connectivity index (χ0) is 26.8. The van der Waals surface area contributed by atoms with Crippen LogP contribution in [0.25, 0.3) is 0 Å². The second kappa shape index (κ2) is 11.4. The van der Waals surface area contributed by atoms with Crippen LogP contribution in [0.15, 0.2) is 42.5 Å². The predicted octanol–water partition coefficient (Wildman–Crippen LogP) is 2.55. The number of carbonyl (C=O) groups excluding carboxylic acids is 2. The summed E-state index contributed by atoms with van der Waals surface area (Å²) in [6, 6.07) is 13.6. The molecule has 2 aromatic rings. The van der Waals surface area contributed by atoms with Crippen LogP contribution >= 0.6 is 0 Å². The first-order valence-corrected chi connectivity index (χ1v) is 14.0. The van der Waals surface area contributed by atoms with E-state index in [-0.39, 0.29) is 36.5 Å². The zero-order valence-corrected chi connectivity index (χ0v) is 22.3. The Balaban J connectivity index is 1.30. The Kier molecular flexibility index (Phi) is 8.02. The van der Waals surface area contributed by atoms with Gasteiger partial charge in [0.2, 0.25) is 0 Å². The van der Waals surface area contributed by atoms with Crippen LogP contribution in [0.4, 0.5) is 5.69 Å². The molecule has 3 aliphatic rings. The number of carbonyl (C=O) groups is 2. The number of likely N-dealkylation sites (N-methyl/N-ethyl adjacent to an activating group) is 1. The van der Waals surface area contributed by atoms with Crippen molar-refractivity contribution >= 4 is 17.5 Å². The molecule has 2 bridgehead atoms. The van der Waals surface area contributed by atoms with Gasteiger partial charge in [0, 0.05) is 50.4 Å². The number of aliphatic hydroxyl groups is 2. The Morgan fingerprint density at radius 3 is 2.42 bits per heavy atom. The third kappa shape index (κ3) is 5.30. The summed E-state index contributed by atoms with van der Waals surface area (Å²) in [6.45, 7) is 4.64. The average Bonchev–Trinajstić information content (AvgIpc) is 3.13. The van der Waals surface area contributed by atoms with Crippen molar-refractivity contribution in [3.8, 4) is 0 Å². The number of fused-ring (bicyclic) bond motifs is 3. The van der Waals surface area contributed by atoms with Gasteiger partial charge in [-0.1, -0.05) is 24.3 Å². The quantitative estimate of drug-likeness (QED) is 0.494. The SMILES string of the molecule is CCN1CCN(CC(O)CCc2ccccc2CN)C(=O)c2ccc(C(=O)N3C4CCC3CC(O)C4)cc21. The van der Waals surface area contributed by atoms with Crippen molar-refractivity contribution in [3.63, 3.8) is 0 Å². The van der Waals surface area contributed by atoms with E-state index in [4.69, 9.17) is 5.73 Å². The fourth-order valence-corrected chi connectivity index (χ4v) is 6.54. The number of benzene rings is 2. The van der Waals surface area contributed by atoms with Crippen molar-refractivity contribution in [2.45, 2.75) is 76.3 Å². The molecule has 0 radical (unpaired) electrons. The number of hydrogen-bond donors (Lipinski definition) is 3. The Morgan fingerprint density at radius 1 is 1.05 bits per heavy atom. The van der Waals surface area contributed by atoms with Crippen molar-refractivity contribution in [3.05, 3.63) is 64.7 Å². The normalized spacial score (nSPS) is 23.8. The molecular formula is C30H40N4O4. The fourth-order valence-electron chi connectivity index (χ4n) is 6.54. The van der Waals surface area contributed by atoms with E-state index in [2.05, 4.69) is 4.90 Å². The summed E-state index contributed by atoms with van der Waals surface area (Å²) in [4.78, 5) is 33.0. The van der Waals surface area contributed by atoms with Crippen LogP contribution in [0, 0.1) is 0 Å². The third-order valence-electron chi connectivity index (χ3n) is 8.58. The van der Waals surface area contributed by atoms with E-state index in [0.717, 1.165) is 29.7 Å². The lowest BCUT2D eigenvalue weighted by Crippen LogP contribution is -2.48. The van der Waals surface area contributed by atoms with Gasteiger partial charge in [-0.25, -0.2) is 0 Å². The number of anilines is 1. The topological polar surface area (TPSA) is 110 Å². The summed E-state index contributed by atoms with van der Waals surface area (Å²) >= 11 is 0. The molecule has 204 valence electrons. The van der Waals surface area contributed by atoms with Crippen molar-refractivity contribution in [1.82, 2.24) is 9.80 Å². The molecule has 2 saturated heterocycles. The molecule has 2 amide bonds. The molecule has 3 unspecified atom stereocenters. The van der Waals surface area contributed by atoms with Gasteiger partial charge in [-0.2, -0.15) is 0 Å². The highest BCUT2D eigenvalue weighted by Crippen LogP contribution is 2.37. The first kappa shape index (κ1) is 26.7.